The van der Waals surface area contributed by atoms with Crippen LogP contribution in [0.25, 0.3) is 0 Å². The van der Waals surface area contributed by atoms with Gasteiger partial charge in [0, 0.05) is 0 Å². The third-order valence-electron chi connectivity index (χ3n) is 1.97. The van der Waals surface area contributed by atoms with Gasteiger partial charge in [-0.15, -0.1) is 0 Å². The smallest absolute Gasteiger partial charge is 0.231 e. The van der Waals surface area contributed by atoms with Gasteiger partial charge >= 0.3 is 0 Å². The molecule has 0 saturated carbocycles. The highest BCUT2D eigenvalue weighted by Crippen LogP contribution is 2.10. The van der Waals surface area contributed by atoms with E-state index in [-0.39, 0.29) is 0 Å². The van der Waals surface area contributed by atoms with Crippen LogP contribution in [0.2, 0.25) is 0 Å². The van der Waals surface area contributed by atoms with Crippen molar-refractivity contribution in [1.82, 2.24) is 15.0 Å². The molecule has 2 rings (SSSR count). The molecular formula is C10H10N6S. The van der Waals surface area contributed by atoms with E-state index in [1.54, 1.807) is 0 Å². The molecule has 6 nitrogen and oxygen atoms in total. The predicted molar refractivity (Wildman–Crippen MR) is 69.2 cm³/mol. The van der Waals surface area contributed by atoms with E-state index in [0.29, 0.717) is 11.1 Å². The standard InChI is InChI=1S/C10H10N6S/c11-16(8-4-2-1-3-5-8)10(17)15-9-13-6-12-7-14-9/h1-7H,11H2,(H,12,13,14,15,17). The lowest BCUT2D eigenvalue weighted by atomic mass is 10.3. The molecule has 0 saturated heterocycles. The second kappa shape index (κ2) is 5.28. The largest absolute Gasteiger partial charge is 0.300 e. The number of aromatic nitrogens is 3. The fraction of sp³-hybridized carbons (Fsp3) is 0. The van der Waals surface area contributed by atoms with Crippen molar-refractivity contribution in [2.75, 3.05) is 10.3 Å². The van der Waals surface area contributed by atoms with Crippen LogP contribution >= 0.6 is 12.2 Å². The minimum Gasteiger partial charge on any atom is -0.300 e. The van der Waals surface area contributed by atoms with Crippen LogP contribution in [0.5, 0.6) is 0 Å². The van der Waals surface area contributed by atoms with Gasteiger partial charge in [0.1, 0.15) is 12.7 Å². The maximum Gasteiger partial charge on any atom is 0.231 e. The molecule has 0 aliphatic carbocycles. The number of hydrazine groups is 1. The normalized spacial score (nSPS) is 9.71. The van der Waals surface area contributed by atoms with Crippen molar-refractivity contribution in [3.8, 4) is 0 Å². The van der Waals surface area contributed by atoms with Gasteiger partial charge in [0.05, 0.1) is 5.69 Å². The first-order valence-electron chi connectivity index (χ1n) is 4.80. The summed E-state index contributed by atoms with van der Waals surface area (Å²) in [6, 6.07) is 9.35. The molecule has 3 N–H and O–H groups in total. The highest BCUT2D eigenvalue weighted by molar-refractivity contribution is 7.80. The van der Waals surface area contributed by atoms with Gasteiger partial charge in [-0.2, -0.15) is 0 Å². The molecule has 1 aromatic carbocycles. The Morgan fingerprint density at radius 3 is 2.47 bits per heavy atom. The molecule has 86 valence electrons. The zero-order valence-electron chi connectivity index (χ0n) is 8.82. The summed E-state index contributed by atoms with van der Waals surface area (Å²) in [5, 5.41) is 4.46. The number of nitrogens with two attached hydrogens (primary N) is 1. The summed E-state index contributed by atoms with van der Waals surface area (Å²) in [5.74, 6) is 6.20. The van der Waals surface area contributed by atoms with Gasteiger partial charge < -0.3 is 0 Å². The summed E-state index contributed by atoms with van der Waals surface area (Å²) in [5.41, 5.74) is 0.777. The highest BCUT2D eigenvalue weighted by atomic mass is 32.1. The monoisotopic (exact) mass is 246 g/mol. The molecular weight excluding hydrogens is 236 g/mol. The van der Waals surface area contributed by atoms with Crippen molar-refractivity contribution in [3.63, 3.8) is 0 Å². The van der Waals surface area contributed by atoms with Gasteiger partial charge in [0.15, 0.2) is 5.11 Å². The SMILES string of the molecule is NN(C(=S)Nc1ncncn1)c1ccccc1. The van der Waals surface area contributed by atoms with Gasteiger partial charge in [0.2, 0.25) is 5.95 Å². The summed E-state index contributed by atoms with van der Waals surface area (Å²) in [6.45, 7) is 0. The van der Waals surface area contributed by atoms with E-state index in [0.717, 1.165) is 5.69 Å². The van der Waals surface area contributed by atoms with Crippen LogP contribution in [0.3, 0.4) is 0 Å². The predicted octanol–water partition coefficient (Wildman–Crippen LogP) is 0.949. The van der Waals surface area contributed by atoms with Gasteiger partial charge in [0.25, 0.3) is 0 Å². The molecule has 1 aromatic heterocycles. The van der Waals surface area contributed by atoms with Crippen LogP contribution in [0.1, 0.15) is 0 Å². The first-order chi connectivity index (χ1) is 8.27. The molecule has 0 unspecified atom stereocenters. The lowest BCUT2D eigenvalue weighted by molar-refractivity contribution is 1.05. The number of thiocarbonyl (C=S) groups is 1. The molecule has 1 heterocycles. The number of anilines is 2. The van der Waals surface area contributed by atoms with Crippen LogP contribution in [-0.2, 0) is 0 Å². The molecule has 0 spiro atoms. The van der Waals surface area contributed by atoms with Crippen LogP contribution in [0, 0.1) is 0 Å². The minimum atomic E-state index is 0.308. The maximum atomic E-state index is 5.84. The topological polar surface area (TPSA) is 80.0 Å². The van der Waals surface area contributed by atoms with Crippen LogP contribution in [0.15, 0.2) is 43.0 Å². The molecule has 0 aliphatic heterocycles. The summed E-state index contributed by atoms with van der Waals surface area (Å²) in [7, 11) is 0. The van der Waals surface area contributed by atoms with E-state index in [2.05, 4.69) is 20.3 Å². The Kier molecular flexibility index (Phi) is 3.53. The zero-order chi connectivity index (χ0) is 12.1. The Morgan fingerprint density at radius 2 is 1.82 bits per heavy atom. The fourth-order valence-corrected chi connectivity index (χ4v) is 1.36. The van der Waals surface area contributed by atoms with E-state index in [1.165, 1.54) is 17.7 Å². The number of hydrogen-bond donors (Lipinski definition) is 2. The first-order valence-corrected chi connectivity index (χ1v) is 5.21. The minimum absolute atomic E-state index is 0.308. The third kappa shape index (κ3) is 2.92. The number of rotatable bonds is 2. The number of nitrogens with zero attached hydrogens (tertiary/aromatic N) is 4. The Balaban J connectivity index is 2.06. The third-order valence-corrected chi connectivity index (χ3v) is 2.26. The Bertz CT molecular complexity index is 489. The lowest BCUT2D eigenvalue weighted by Gasteiger charge is -2.19. The van der Waals surface area contributed by atoms with Crippen LogP contribution < -0.4 is 16.2 Å². The molecule has 0 amide bonds. The second-order valence-corrected chi connectivity index (χ2v) is 3.48. The number of benzene rings is 1. The van der Waals surface area contributed by atoms with Crippen LogP contribution in [0.4, 0.5) is 11.6 Å². The molecule has 0 bridgehead atoms. The van der Waals surface area contributed by atoms with E-state index in [1.807, 2.05) is 30.3 Å². The summed E-state index contributed by atoms with van der Waals surface area (Å²) < 4.78 is 0. The maximum absolute atomic E-state index is 5.84. The first kappa shape index (κ1) is 11.4. The number of para-hydroxylation sites is 1. The van der Waals surface area contributed by atoms with E-state index in [9.17, 15) is 0 Å². The average molecular weight is 246 g/mol. The second-order valence-electron chi connectivity index (χ2n) is 3.10. The molecule has 17 heavy (non-hydrogen) atoms. The van der Waals surface area contributed by atoms with Crippen molar-refractivity contribution in [2.24, 2.45) is 5.84 Å². The fourth-order valence-electron chi connectivity index (χ4n) is 1.17. The van der Waals surface area contributed by atoms with E-state index < -0.39 is 0 Å². The highest BCUT2D eigenvalue weighted by Gasteiger charge is 2.08. The van der Waals surface area contributed by atoms with Crippen molar-refractivity contribution < 1.29 is 0 Å². The quantitative estimate of drug-likeness (QED) is 0.464. The van der Waals surface area contributed by atoms with Crippen LogP contribution in [-0.4, -0.2) is 20.1 Å². The Hall–Kier alpha value is -2.12. The van der Waals surface area contributed by atoms with Crippen molar-refractivity contribution in [1.29, 1.82) is 0 Å². The summed E-state index contributed by atoms with van der Waals surface area (Å²) >= 11 is 5.13. The molecule has 0 aliphatic rings. The lowest BCUT2D eigenvalue weighted by Crippen LogP contribution is -2.40. The number of hydrogen-bond acceptors (Lipinski definition) is 5. The Labute approximate surface area is 103 Å². The molecule has 7 heteroatoms. The number of nitrogens with one attached hydrogen (secondary N) is 1. The van der Waals surface area contributed by atoms with Gasteiger partial charge in [-0.25, -0.2) is 20.8 Å². The molecule has 0 radical (unpaired) electrons. The molecule has 0 atom stereocenters. The van der Waals surface area contributed by atoms with Gasteiger partial charge in [-0.1, -0.05) is 18.2 Å². The van der Waals surface area contributed by atoms with Gasteiger partial charge in [-0.05, 0) is 24.4 Å². The van der Waals surface area contributed by atoms with Crippen molar-refractivity contribution in [3.05, 3.63) is 43.0 Å². The average Bonchev–Trinajstić information content (AvgIpc) is 2.40. The Morgan fingerprint density at radius 1 is 1.18 bits per heavy atom. The van der Waals surface area contributed by atoms with Gasteiger partial charge in [-0.3, -0.25) is 10.3 Å². The molecule has 2 aromatic rings. The van der Waals surface area contributed by atoms with E-state index in [4.69, 9.17) is 18.1 Å². The molecule has 0 fully saturated rings. The van der Waals surface area contributed by atoms with Crippen molar-refractivity contribution >= 4 is 29.0 Å². The summed E-state index contributed by atoms with van der Waals surface area (Å²) in [6.07, 6.45) is 2.75. The van der Waals surface area contributed by atoms with E-state index >= 15 is 0 Å². The zero-order valence-corrected chi connectivity index (χ0v) is 9.63. The summed E-state index contributed by atoms with van der Waals surface area (Å²) in [4.78, 5) is 11.5. The van der Waals surface area contributed by atoms with Crippen molar-refractivity contribution in [2.45, 2.75) is 0 Å².